The van der Waals surface area contributed by atoms with E-state index in [4.69, 9.17) is 23.2 Å². The molecule has 2 atom stereocenters. The molecule has 0 saturated carbocycles. The number of hydrogen-bond acceptors (Lipinski definition) is 3. The van der Waals surface area contributed by atoms with Crippen molar-refractivity contribution in [3.8, 4) is 0 Å². The number of rotatable bonds is 4. The van der Waals surface area contributed by atoms with Gasteiger partial charge in [-0.1, -0.05) is 53.5 Å². The number of amides is 1. The smallest absolute Gasteiger partial charge is 0.238 e. The molecule has 2 aromatic rings. The van der Waals surface area contributed by atoms with Crippen LogP contribution in [-0.2, 0) is 11.3 Å². The number of hydrazine groups is 1. The summed E-state index contributed by atoms with van der Waals surface area (Å²) in [5.41, 5.74) is 8.20. The number of hydrogen-bond donors (Lipinski definition) is 3. The highest BCUT2D eigenvalue weighted by molar-refractivity contribution is 6.31. The van der Waals surface area contributed by atoms with Crippen LogP contribution >= 0.6 is 23.2 Å². The van der Waals surface area contributed by atoms with Crippen molar-refractivity contribution in [3.05, 3.63) is 69.7 Å². The van der Waals surface area contributed by atoms with Gasteiger partial charge in [0.1, 0.15) is 6.04 Å². The average Bonchev–Trinajstić information content (AvgIpc) is 3.04. The summed E-state index contributed by atoms with van der Waals surface area (Å²) in [7, 11) is 0. The Balaban J connectivity index is 1.55. The zero-order valence-corrected chi connectivity index (χ0v) is 13.9. The maximum Gasteiger partial charge on any atom is 0.238 e. The maximum atomic E-state index is 12.3. The number of carbonyl (C=O) groups is 1. The third-order valence-electron chi connectivity index (χ3n) is 3.90. The molecule has 1 fully saturated rings. The van der Waals surface area contributed by atoms with Crippen LogP contribution < -0.4 is 16.2 Å². The second kappa shape index (κ2) is 7.32. The Morgan fingerprint density at radius 3 is 2.57 bits per heavy atom. The molecule has 3 N–H and O–H groups in total. The Morgan fingerprint density at radius 2 is 1.83 bits per heavy atom. The molecule has 120 valence electrons. The number of halogens is 2. The topological polar surface area (TPSA) is 53.2 Å². The van der Waals surface area contributed by atoms with Gasteiger partial charge in [0.2, 0.25) is 5.91 Å². The Bertz CT molecular complexity index is 690. The fourth-order valence-corrected chi connectivity index (χ4v) is 2.92. The SMILES string of the molecule is O=C(NCc1ccccc1Cl)C1CC(c2ccc(Cl)cc2)NN1. The van der Waals surface area contributed by atoms with Crippen LogP contribution in [0.4, 0.5) is 0 Å². The molecule has 0 aromatic heterocycles. The quantitative estimate of drug-likeness (QED) is 0.794. The van der Waals surface area contributed by atoms with Gasteiger partial charge in [-0.25, -0.2) is 10.9 Å². The highest BCUT2D eigenvalue weighted by Gasteiger charge is 2.29. The van der Waals surface area contributed by atoms with Crippen LogP contribution in [-0.4, -0.2) is 11.9 Å². The van der Waals surface area contributed by atoms with Gasteiger partial charge in [-0.15, -0.1) is 0 Å². The molecule has 6 heteroatoms. The molecular formula is C17H17Cl2N3O. The molecule has 0 aliphatic carbocycles. The molecule has 2 aromatic carbocycles. The lowest BCUT2D eigenvalue weighted by Crippen LogP contribution is -2.42. The lowest BCUT2D eigenvalue weighted by atomic mass is 10.0. The molecule has 0 radical (unpaired) electrons. The van der Waals surface area contributed by atoms with E-state index in [1.54, 1.807) is 0 Å². The molecule has 0 spiro atoms. The van der Waals surface area contributed by atoms with Crippen molar-refractivity contribution in [1.82, 2.24) is 16.2 Å². The first-order valence-corrected chi connectivity index (χ1v) is 8.17. The van der Waals surface area contributed by atoms with Gasteiger partial charge < -0.3 is 5.32 Å². The van der Waals surface area contributed by atoms with Crippen molar-refractivity contribution < 1.29 is 4.79 Å². The first-order chi connectivity index (χ1) is 11.1. The van der Waals surface area contributed by atoms with Crippen molar-refractivity contribution in [3.63, 3.8) is 0 Å². The molecule has 23 heavy (non-hydrogen) atoms. The average molecular weight is 350 g/mol. The number of carbonyl (C=O) groups excluding carboxylic acids is 1. The van der Waals surface area contributed by atoms with Gasteiger partial charge in [-0.05, 0) is 35.7 Å². The summed E-state index contributed by atoms with van der Waals surface area (Å²) >= 11 is 12.0. The molecular weight excluding hydrogens is 333 g/mol. The number of benzene rings is 2. The standard InChI is InChI=1S/C17H17Cl2N3O/c18-13-7-5-11(6-8-13)15-9-16(22-21-15)17(23)20-10-12-3-1-2-4-14(12)19/h1-8,15-16,21-22H,9-10H2,(H,20,23). The summed E-state index contributed by atoms with van der Waals surface area (Å²) in [6.07, 6.45) is 0.677. The molecule has 1 heterocycles. The summed E-state index contributed by atoms with van der Waals surface area (Å²) in [5.74, 6) is -0.0473. The van der Waals surface area contributed by atoms with Crippen LogP contribution in [0.5, 0.6) is 0 Å². The van der Waals surface area contributed by atoms with Gasteiger partial charge in [0.05, 0.1) is 0 Å². The van der Waals surface area contributed by atoms with Gasteiger partial charge >= 0.3 is 0 Å². The van der Waals surface area contributed by atoms with Crippen molar-refractivity contribution in [2.45, 2.75) is 25.0 Å². The van der Waals surface area contributed by atoms with Gasteiger partial charge in [0.25, 0.3) is 0 Å². The monoisotopic (exact) mass is 349 g/mol. The maximum absolute atomic E-state index is 12.3. The molecule has 3 rings (SSSR count). The predicted molar refractivity (Wildman–Crippen MR) is 92.2 cm³/mol. The van der Waals surface area contributed by atoms with E-state index in [1.165, 1.54) is 0 Å². The Morgan fingerprint density at radius 1 is 1.09 bits per heavy atom. The van der Waals surface area contributed by atoms with Crippen molar-refractivity contribution in [2.75, 3.05) is 0 Å². The van der Waals surface area contributed by atoms with Crippen LogP contribution in [0.15, 0.2) is 48.5 Å². The first-order valence-electron chi connectivity index (χ1n) is 7.41. The van der Waals surface area contributed by atoms with E-state index in [0.29, 0.717) is 23.0 Å². The Kier molecular flexibility index (Phi) is 5.18. The van der Waals surface area contributed by atoms with Gasteiger partial charge in [0, 0.05) is 22.6 Å². The molecule has 0 bridgehead atoms. The zero-order valence-electron chi connectivity index (χ0n) is 12.4. The first kappa shape index (κ1) is 16.3. The van der Waals surface area contributed by atoms with E-state index in [9.17, 15) is 4.79 Å². The molecule has 1 saturated heterocycles. The third-order valence-corrected chi connectivity index (χ3v) is 4.52. The van der Waals surface area contributed by atoms with Gasteiger partial charge in [-0.2, -0.15) is 0 Å². The highest BCUT2D eigenvalue weighted by atomic mass is 35.5. The van der Waals surface area contributed by atoms with E-state index < -0.39 is 0 Å². The summed E-state index contributed by atoms with van der Waals surface area (Å²) in [6.45, 7) is 0.419. The largest absolute Gasteiger partial charge is 0.351 e. The van der Waals surface area contributed by atoms with Crippen LogP contribution in [0.25, 0.3) is 0 Å². The summed E-state index contributed by atoms with van der Waals surface area (Å²) in [6, 6.07) is 14.9. The summed E-state index contributed by atoms with van der Waals surface area (Å²) in [4.78, 5) is 12.3. The fraction of sp³-hybridized carbons (Fsp3) is 0.235. The second-order valence-electron chi connectivity index (χ2n) is 5.49. The van der Waals surface area contributed by atoms with E-state index in [-0.39, 0.29) is 18.0 Å². The highest BCUT2D eigenvalue weighted by Crippen LogP contribution is 2.23. The minimum Gasteiger partial charge on any atom is -0.351 e. The summed E-state index contributed by atoms with van der Waals surface area (Å²) in [5, 5.41) is 4.28. The molecule has 4 nitrogen and oxygen atoms in total. The summed E-state index contributed by atoms with van der Waals surface area (Å²) < 4.78 is 0. The number of nitrogens with one attached hydrogen (secondary N) is 3. The van der Waals surface area contributed by atoms with Crippen LogP contribution in [0, 0.1) is 0 Å². The van der Waals surface area contributed by atoms with Crippen molar-refractivity contribution in [1.29, 1.82) is 0 Å². The normalized spacial score (nSPS) is 20.4. The van der Waals surface area contributed by atoms with Crippen LogP contribution in [0.1, 0.15) is 23.6 Å². The fourth-order valence-electron chi connectivity index (χ4n) is 2.59. The predicted octanol–water partition coefficient (Wildman–Crippen LogP) is 3.22. The lowest BCUT2D eigenvalue weighted by molar-refractivity contribution is -0.123. The van der Waals surface area contributed by atoms with Gasteiger partial charge in [0.15, 0.2) is 0 Å². The zero-order chi connectivity index (χ0) is 16.2. The lowest BCUT2D eigenvalue weighted by Gasteiger charge is -2.11. The van der Waals surface area contributed by atoms with E-state index in [1.807, 2.05) is 48.5 Å². The third kappa shape index (κ3) is 4.03. The van der Waals surface area contributed by atoms with Crippen LogP contribution in [0.3, 0.4) is 0 Å². The van der Waals surface area contributed by atoms with Crippen molar-refractivity contribution >= 4 is 29.1 Å². The molecule has 1 amide bonds. The van der Waals surface area contributed by atoms with E-state index >= 15 is 0 Å². The Hall–Kier alpha value is -1.59. The van der Waals surface area contributed by atoms with Crippen molar-refractivity contribution in [2.24, 2.45) is 0 Å². The Labute approximate surface area is 145 Å². The minimum absolute atomic E-state index is 0.0473. The molecule has 1 aliphatic rings. The van der Waals surface area contributed by atoms with E-state index in [0.717, 1.165) is 11.1 Å². The molecule has 1 aliphatic heterocycles. The van der Waals surface area contributed by atoms with Gasteiger partial charge in [-0.3, -0.25) is 4.79 Å². The second-order valence-corrected chi connectivity index (χ2v) is 6.33. The molecule has 2 unspecified atom stereocenters. The van der Waals surface area contributed by atoms with E-state index in [2.05, 4.69) is 16.2 Å². The minimum atomic E-state index is -0.279. The van der Waals surface area contributed by atoms with Crippen LogP contribution in [0.2, 0.25) is 10.0 Å².